The lowest BCUT2D eigenvalue weighted by atomic mass is 10.2. The van der Waals surface area contributed by atoms with Crippen LogP contribution in [0.3, 0.4) is 0 Å². The first kappa shape index (κ1) is 37.5. The Morgan fingerprint density at radius 1 is 0.298 bits per heavy atom. The molecule has 0 aliphatic rings. The number of para-hydroxylation sites is 3. The molecule has 0 saturated heterocycles. The van der Waals surface area contributed by atoms with Crippen LogP contribution in [0.1, 0.15) is 16.7 Å². The lowest BCUT2D eigenvalue weighted by Gasteiger charge is -2.12. The topological polar surface area (TPSA) is 141 Å². The molecule has 0 atom stereocenters. The molecule has 0 unspecified atom stereocenters. The molecule has 57 heavy (non-hydrogen) atoms. The highest BCUT2D eigenvalue weighted by atomic mass is 16.5. The van der Waals surface area contributed by atoms with Gasteiger partial charge in [-0.1, -0.05) is 108 Å². The fourth-order valence-electron chi connectivity index (χ4n) is 5.08. The molecule has 0 fully saturated rings. The average Bonchev–Trinajstić information content (AvgIpc) is 3.22. The summed E-state index contributed by atoms with van der Waals surface area (Å²) in [5, 5.41) is 9.78. The van der Waals surface area contributed by atoms with Gasteiger partial charge in [0.15, 0.2) is 0 Å². The minimum atomic E-state index is 0.0769. The zero-order chi connectivity index (χ0) is 39.2. The van der Waals surface area contributed by atoms with Gasteiger partial charge in [0.25, 0.3) is 0 Å². The van der Waals surface area contributed by atoms with Crippen molar-refractivity contribution in [2.45, 2.75) is 20.8 Å². The van der Waals surface area contributed by atoms with E-state index in [0.717, 1.165) is 17.1 Å². The van der Waals surface area contributed by atoms with E-state index in [-0.39, 0.29) is 18.0 Å². The van der Waals surface area contributed by atoms with Crippen molar-refractivity contribution in [3.05, 3.63) is 180 Å². The van der Waals surface area contributed by atoms with Crippen molar-refractivity contribution in [2.24, 2.45) is 0 Å². The number of aryl methyl sites for hydroxylation is 3. The van der Waals surface area contributed by atoms with Gasteiger partial charge in [0.2, 0.25) is 17.8 Å². The Bertz CT molecular complexity index is 2170. The summed E-state index contributed by atoms with van der Waals surface area (Å²) in [6.45, 7) is 6.17. The van der Waals surface area contributed by atoms with Crippen LogP contribution < -0.4 is 30.2 Å². The first-order valence-corrected chi connectivity index (χ1v) is 18.1. The number of rotatable bonds is 12. The monoisotopic (exact) mass is 753 g/mol. The van der Waals surface area contributed by atoms with Gasteiger partial charge in [-0.15, -0.1) is 15.0 Å². The lowest BCUT2D eigenvalue weighted by molar-refractivity contribution is 0.362. The molecule has 2 heterocycles. The Hall–Kier alpha value is -7.86. The Labute approximate surface area is 330 Å². The highest BCUT2D eigenvalue weighted by molar-refractivity contribution is 5.62. The van der Waals surface area contributed by atoms with Crippen LogP contribution in [-0.2, 0) is 0 Å². The van der Waals surface area contributed by atoms with Gasteiger partial charge < -0.3 is 30.2 Å². The third-order valence-electron chi connectivity index (χ3n) is 7.99. The Morgan fingerprint density at radius 3 is 0.789 bits per heavy atom. The molecule has 3 N–H and O–H groups in total. The van der Waals surface area contributed by atoms with Gasteiger partial charge >= 0.3 is 18.0 Å². The van der Waals surface area contributed by atoms with E-state index < -0.39 is 0 Å². The normalized spacial score (nSPS) is 10.4. The van der Waals surface area contributed by atoms with Gasteiger partial charge in [-0.2, -0.15) is 15.0 Å². The maximum atomic E-state index is 5.71. The molecule has 2 aromatic heterocycles. The Morgan fingerprint density at radius 2 is 0.544 bits per heavy atom. The number of nitrogens with one attached hydrogen (secondary N) is 3. The Kier molecular flexibility index (Phi) is 12.1. The van der Waals surface area contributed by atoms with Crippen molar-refractivity contribution in [1.29, 1.82) is 0 Å². The molecule has 12 nitrogen and oxygen atoms in total. The number of nitrogens with zero attached hydrogens (tertiary/aromatic N) is 6. The summed E-state index contributed by atoms with van der Waals surface area (Å²) in [5.41, 5.74) is 6.32. The molecule has 0 saturated carbocycles. The van der Waals surface area contributed by atoms with Crippen LogP contribution in [0.5, 0.6) is 35.3 Å². The second kappa shape index (κ2) is 18.5. The third-order valence-corrected chi connectivity index (χ3v) is 7.99. The number of hydrogen-bond donors (Lipinski definition) is 3. The fraction of sp³-hybridized carbons (Fsp3) is 0.0667. The van der Waals surface area contributed by atoms with Crippen molar-refractivity contribution in [1.82, 2.24) is 29.9 Å². The lowest BCUT2D eigenvalue weighted by Crippen LogP contribution is -2.07. The van der Waals surface area contributed by atoms with Crippen molar-refractivity contribution in [3.8, 4) is 35.3 Å². The van der Waals surface area contributed by atoms with Crippen LogP contribution in [-0.4, -0.2) is 29.9 Å². The smallest absolute Gasteiger partial charge is 0.331 e. The van der Waals surface area contributed by atoms with E-state index in [1.807, 2.05) is 127 Å². The van der Waals surface area contributed by atoms with Gasteiger partial charge in [-0.05, 0) is 93.6 Å². The molecule has 12 heteroatoms. The number of ether oxygens (including phenoxy) is 3. The highest BCUT2D eigenvalue weighted by Gasteiger charge is 2.13. The van der Waals surface area contributed by atoms with Crippen LogP contribution in [0.15, 0.2) is 164 Å². The maximum Gasteiger partial charge on any atom is 0.331 e. The van der Waals surface area contributed by atoms with Gasteiger partial charge in [0, 0.05) is 17.1 Å². The molecule has 0 aliphatic carbocycles. The van der Waals surface area contributed by atoms with Crippen LogP contribution in [0.25, 0.3) is 0 Å². The summed E-state index contributed by atoms with van der Waals surface area (Å²) >= 11 is 0. The van der Waals surface area contributed by atoms with Crippen molar-refractivity contribution >= 4 is 34.9 Å². The van der Waals surface area contributed by atoms with E-state index in [0.29, 0.717) is 35.1 Å². The summed E-state index contributed by atoms with van der Waals surface area (Å²) in [6, 6.07) is 52.2. The zero-order valence-electron chi connectivity index (χ0n) is 31.5. The average molecular weight is 754 g/mol. The van der Waals surface area contributed by atoms with Crippen molar-refractivity contribution in [3.63, 3.8) is 0 Å². The summed E-state index contributed by atoms with van der Waals surface area (Å²) in [6.07, 6.45) is 0. The van der Waals surface area contributed by atoms with Crippen LogP contribution in [0, 0.1) is 20.8 Å². The second-order valence-corrected chi connectivity index (χ2v) is 12.7. The summed E-state index contributed by atoms with van der Waals surface area (Å²) < 4.78 is 17.1. The molecule has 0 bridgehead atoms. The summed E-state index contributed by atoms with van der Waals surface area (Å²) in [5.74, 6) is 3.16. The molecule has 0 aliphatic heterocycles. The van der Waals surface area contributed by atoms with Crippen molar-refractivity contribution in [2.75, 3.05) is 16.0 Å². The van der Waals surface area contributed by atoms with Crippen LogP contribution in [0.2, 0.25) is 0 Å². The van der Waals surface area contributed by atoms with E-state index in [2.05, 4.69) is 66.6 Å². The minimum Gasteiger partial charge on any atom is -0.424 e. The molecule has 0 spiro atoms. The molecule has 8 rings (SSSR count). The predicted molar refractivity (Wildman–Crippen MR) is 223 cm³/mol. The van der Waals surface area contributed by atoms with E-state index in [4.69, 9.17) is 14.2 Å². The standard InChI is InChI=1S/C24H24N6.C21H15N3O3/c1-16-4-10-19(11-5-16)25-22-28-23(26-20-12-6-17(2)7-13-20)30-24(29-22)27-21-14-8-18(3)9-15-21;1-4-10-16(11-5-1)25-19-22-20(26-17-12-6-2-7-13-17)24-21(23-19)27-18-14-8-3-9-15-18/h4-15H,1-3H3,(H3,25,26,27,28,29,30);1-15H. The van der Waals surface area contributed by atoms with Crippen molar-refractivity contribution < 1.29 is 14.2 Å². The molecular weight excluding hydrogens is 715 g/mol. The largest absolute Gasteiger partial charge is 0.424 e. The molecule has 0 amide bonds. The third kappa shape index (κ3) is 11.6. The van der Waals surface area contributed by atoms with Gasteiger partial charge in [0.05, 0.1) is 0 Å². The number of benzene rings is 6. The fourth-order valence-corrected chi connectivity index (χ4v) is 5.08. The first-order valence-electron chi connectivity index (χ1n) is 18.1. The van der Waals surface area contributed by atoms with E-state index in [1.54, 1.807) is 36.4 Å². The van der Waals surface area contributed by atoms with E-state index >= 15 is 0 Å². The minimum absolute atomic E-state index is 0.0769. The zero-order valence-corrected chi connectivity index (χ0v) is 31.5. The molecule has 282 valence electrons. The molecular formula is C45H39N9O3. The van der Waals surface area contributed by atoms with Gasteiger partial charge in [0.1, 0.15) is 17.2 Å². The Balaban J connectivity index is 0.000000175. The van der Waals surface area contributed by atoms with Gasteiger partial charge in [-0.3, -0.25) is 0 Å². The summed E-state index contributed by atoms with van der Waals surface area (Å²) in [7, 11) is 0. The van der Waals surface area contributed by atoms with Crippen LogP contribution >= 0.6 is 0 Å². The maximum absolute atomic E-state index is 5.71. The van der Waals surface area contributed by atoms with E-state index in [9.17, 15) is 0 Å². The molecule has 0 radical (unpaired) electrons. The van der Waals surface area contributed by atoms with Crippen LogP contribution in [0.4, 0.5) is 34.9 Å². The number of anilines is 6. The first-order chi connectivity index (χ1) is 27.9. The second-order valence-electron chi connectivity index (χ2n) is 12.7. The summed E-state index contributed by atoms with van der Waals surface area (Å²) in [4.78, 5) is 26.3. The van der Waals surface area contributed by atoms with E-state index in [1.165, 1.54) is 16.7 Å². The molecule has 8 aromatic rings. The quantitative estimate of drug-likeness (QED) is 0.109. The number of hydrogen-bond acceptors (Lipinski definition) is 12. The number of aromatic nitrogens is 6. The highest BCUT2D eigenvalue weighted by Crippen LogP contribution is 2.27. The SMILES string of the molecule is Cc1ccc(Nc2nc(Nc3ccc(C)cc3)nc(Nc3ccc(C)cc3)n2)cc1.c1ccc(Oc2nc(Oc3ccccc3)nc(Oc3ccccc3)n2)cc1. The van der Waals surface area contributed by atoms with Gasteiger partial charge in [-0.25, -0.2) is 0 Å². The molecule has 6 aromatic carbocycles. The predicted octanol–water partition coefficient (Wildman–Crippen LogP) is 11.3.